The fourth-order valence-electron chi connectivity index (χ4n) is 1.79. The summed E-state index contributed by atoms with van der Waals surface area (Å²) in [5.41, 5.74) is 0. The highest BCUT2D eigenvalue weighted by atomic mass is 16.5. The number of hydrogen-bond acceptors (Lipinski definition) is 4. The molecular weight excluding hydrogens is 192 g/mol. The van der Waals surface area contributed by atoms with E-state index in [1.165, 1.54) is 0 Å². The van der Waals surface area contributed by atoms with Gasteiger partial charge in [0, 0.05) is 26.6 Å². The highest BCUT2D eigenvalue weighted by Gasteiger charge is 2.15. The Hall–Kier alpha value is -0.940. The van der Waals surface area contributed by atoms with Crippen molar-refractivity contribution < 1.29 is 4.74 Å². The molecule has 1 aliphatic heterocycles. The molecule has 1 N–H and O–H groups in total. The number of aryl methyl sites for hydroxylation is 1. The Labute approximate surface area is 89.8 Å². The van der Waals surface area contributed by atoms with Gasteiger partial charge in [0.2, 0.25) is 0 Å². The predicted molar refractivity (Wildman–Crippen MR) is 56.5 cm³/mol. The van der Waals surface area contributed by atoms with E-state index in [4.69, 9.17) is 4.74 Å². The number of nitrogens with one attached hydrogen (secondary N) is 1. The van der Waals surface area contributed by atoms with Crippen LogP contribution in [0.5, 0.6) is 0 Å². The molecule has 5 heteroatoms. The Morgan fingerprint density at radius 1 is 1.53 bits per heavy atom. The number of hydrogen-bond donors (Lipinski definition) is 1. The van der Waals surface area contributed by atoms with Gasteiger partial charge in [0.05, 0.1) is 12.6 Å². The van der Waals surface area contributed by atoms with Gasteiger partial charge in [-0.1, -0.05) is 0 Å². The monoisotopic (exact) mass is 210 g/mol. The Morgan fingerprint density at radius 3 is 3.20 bits per heavy atom. The summed E-state index contributed by atoms with van der Waals surface area (Å²) in [6.07, 6.45) is 2.24. The van der Waals surface area contributed by atoms with Gasteiger partial charge in [-0.25, -0.2) is 0 Å². The maximum atomic E-state index is 5.22. The van der Waals surface area contributed by atoms with Crippen molar-refractivity contribution in [3.8, 4) is 0 Å². The van der Waals surface area contributed by atoms with Gasteiger partial charge >= 0.3 is 0 Å². The zero-order chi connectivity index (χ0) is 10.7. The van der Waals surface area contributed by atoms with E-state index in [-0.39, 0.29) is 0 Å². The van der Waals surface area contributed by atoms with Crippen LogP contribution < -0.4 is 5.32 Å². The van der Waals surface area contributed by atoms with Crippen LogP contribution in [-0.2, 0) is 24.2 Å². The first kappa shape index (κ1) is 10.6. The SMILES string of the molecule is COC(C)CCc1nnc2n1CCNC2. The van der Waals surface area contributed by atoms with Gasteiger partial charge in [-0.2, -0.15) is 0 Å². The molecule has 84 valence electrons. The molecule has 5 nitrogen and oxygen atoms in total. The molecule has 1 unspecified atom stereocenters. The molecule has 0 saturated heterocycles. The number of ether oxygens (including phenoxy) is 1. The highest BCUT2D eigenvalue weighted by Crippen LogP contribution is 2.09. The Kier molecular flexibility index (Phi) is 3.33. The molecule has 0 aliphatic carbocycles. The minimum atomic E-state index is 0.291. The third kappa shape index (κ3) is 2.35. The van der Waals surface area contributed by atoms with E-state index in [2.05, 4.69) is 27.0 Å². The second kappa shape index (κ2) is 4.72. The van der Waals surface area contributed by atoms with Gasteiger partial charge in [-0.15, -0.1) is 10.2 Å². The molecule has 2 heterocycles. The van der Waals surface area contributed by atoms with Gasteiger partial charge < -0.3 is 14.6 Å². The molecule has 0 radical (unpaired) electrons. The maximum Gasteiger partial charge on any atom is 0.147 e. The first-order valence-corrected chi connectivity index (χ1v) is 5.45. The van der Waals surface area contributed by atoms with Crippen LogP contribution in [0.1, 0.15) is 25.0 Å². The molecular formula is C10H18N4O. The third-order valence-corrected chi connectivity index (χ3v) is 2.88. The molecule has 0 bridgehead atoms. The zero-order valence-electron chi connectivity index (χ0n) is 9.36. The fraction of sp³-hybridized carbons (Fsp3) is 0.800. The van der Waals surface area contributed by atoms with Crippen LogP contribution >= 0.6 is 0 Å². The molecule has 0 spiro atoms. The van der Waals surface area contributed by atoms with E-state index in [9.17, 15) is 0 Å². The molecule has 1 aromatic heterocycles. The summed E-state index contributed by atoms with van der Waals surface area (Å²) in [6.45, 7) is 4.92. The first-order valence-electron chi connectivity index (χ1n) is 5.45. The standard InChI is InChI=1S/C10H18N4O/c1-8(15-2)3-4-9-12-13-10-7-11-5-6-14(9)10/h8,11H,3-7H2,1-2H3. The topological polar surface area (TPSA) is 52.0 Å². The Balaban J connectivity index is 1.99. The summed E-state index contributed by atoms with van der Waals surface area (Å²) in [5.74, 6) is 2.15. The van der Waals surface area contributed by atoms with Gasteiger partial charge in [0.25, 0.3) is 0 Å². The molecule has 1 atom stereocenters. The van der Waals surface area contributed by atoms with Gasteiger partial charge in [0.15, 0.2) is 0 Å². The average molecular weight is 210 g/mol. The third-order valence-electron chi connectivity index (χ3n) is 2.88. The van der Waals surface area contributed by atoms with Crippen LogP contribution in [0.3, 0.4) is 0 Å². The van der Waals surface area contributed by atoms with Crippen molar-refractivity contribution in [2.45, 2.75) is 39.0 Å². The largest absolute Gasteiger partial charge is 0.382 e. The van der Waals surface area contributed by atoms with E-state index in [0.29, 0.717) is 6.10 Å². The quantitative estimate of drug-likeness (QED) is 0.779. The van der Waals surface area contributed by atoms with Crippen LogP contribution in [0.2, 0.25) is 0 Å². The lowest BCUT2D eigenvalue weighted by Gasteiger charge is -2.16. The number of methoxy groups -OCH3 is 1. The number of aromatic nitrogens is 3. The maximum absolute atomic E-state index is 5.22. The van der Waals surface area contributed by atoms with E-state index >= 15 is 0 Å². The van der Waals surface area contributed by atoms with Gasteiger partial charge in [-0.05, 0) is 13.3 Å². The van der Waals surface area contributed by atoms with Crippen molar-refractivity contribution >= 4 is 0 Å². The van der Waals surface area contributed by atoms with Crippen LogP contribution in [0.25, 0.3) is 0 Å². The van der Waals surface area contributed by atoms with Crippen LogP contribution in [0.4, 0.5) is 0 Å². The minimum absolute atomic E-state index is 0.291. The first-order chi connectivity index (χ1) is 7.31. The summed E-state index contributed by atoms with van der Waals surface area (Å²) in [4.78, 5) is 0. The van der Waals surface area contributed by atoms with Crippen molar-refractivity contribution in [1.82, 2.24) is 20.1 Å². The van der Waals surface area contributed by atoms with Crippen molar-refractivity contribution in [1.29, 1.82) is 0 Å². The second-order valence-corrected chi connectivity index (χ2v) is 3.95. The number of nitrogens with zero attached hydrogens (tertiary/aromatic N) is 3. The number of rotatable bonds is 4. The molecule has 2 rings (SSSR count). The van der Waals surface area contributed by atoms with Crippen LogP contribution in [-0.4, -0.2) is 34.5 Å². The van der Waals surface area contributed by atoms with Crippen molar-refractivity contribution in [2.75, 3.05) is 13.7 Å². The summed E-state index contributed by atoms with van der Waals surface area (Å²) < 4.78 is 7.44. The summed E-state index contributed by atoms with van der Waals surface area (Å²) in [5, 5.41) is 11.7. The molecule has 1 aromatic rings. The number of fused-ring (bicyclic) bond motifs is 1. The van der Waals surface area contributed by atoms with Crippen molar-refractivity contribution in [3.63, 3.8) is 0 Å². The van der Waals surface area contributed by atoms with E-state index in [1.54, 1.807) is 7.11 Å². The van der Waals surface area contributed by atoms with Gasteiger partial charge in [-0.3, -0.25) is 0 Å². The Morgan fingerprint density at radius 2 is 2.40 bits per heavy atom. The molecule has 1 aliphatic rings. The molecule has 0 fully saturated rings. The lowest BCUT2D eigenvalue weighted by molar-refractivity contribution is 0.110. The Bertz CT molecular complexity index is 323. The summed E-state index contributed by atoms with van der Waals surface area (Å²) in [7, 11) is 1.74. The smallest absolute Gasteiger partial charge is 0.147 e. The molecule has 0 amide bonds. The van der Waals surface area contributed by atoms with E-state index in [1.807, 2.05) is 0 Å². The van der Waals surface area contributed by atoms with Gasteiger partial charge in [0.1, 0.15) is 11.6 Å². The van der Waals surface area contributed by atoms with Crippen molar-refractivity contribution in [2.24, 2.45) is 0 Å². The fourth-order valence-corrected chi connectivity index (χ4v) is 1.79. The molecule has 15 heavy (non-hydrogen) atoms. The highest BCUT2D eigenvalue weighted by molar-refractivity contribution is 4.98. The lowest BCUT2D eigenvalue weighted by atomic mass is 10.2. The second-order valence-electron chi connectivity index (χ2n) is 3.95. The van der Waals surface area contributed by atoms with Crippen LogP contribution in [0.15, 0.2) is 0 Å². The molecule has 0 aromatic carbocycles. The summed E-state index contributed by atoms with van der Waals surface area (Å²) in [6, 6.07) is 0. The predicted octanol–water partition coefficient (Wildman–Crippen LogP) is 0.349. The van der Waals surface area contributed by atoms with Crippen LogP contribution in [0, 0.1) is 0 Å². The van der Waals surface area contributed by atoms with E-state index in [0.717, 1.165) is 44.1 Å². The van der Waals surface area contributed by atoms with E-state index < -0.39 is 0 Å². The lowest BCUT2D eigenvalue weighted by Crippen LogP contribution is -2.29. The normalized spacial score (nSPS) is 17.5. The average Bonchev–Trinajstić information content (AvgIpc) is 2.69. The minimum Gasteiger partial charge on any atom is -0.382 e. The zero-order valence-corrected chi connectivity index (χ0v) is 9.36. The summed E-state index contributed by atoms with van der Waals surface area (Å²) >= 11 is 0. The van der Waals surface area contributed by atoms with Crippen molar-refractivity contribution in [3.05, 3.63) is 11.6 Å². The molecule has 0 saturated carbocycles.